The minimum atomic E-state index is -0.202. The fraction of sp³-hybridized carbons (Fsp3) is 0.609. The number of rotatable bonds is 14. The maximum absolute atomic E-state index is 12.4. The first-order valence-electron chi connectivity index (χ1n) is 10.2. The van der Waals surface area contributed by atoms with Gasteiger partial charge in [0.2, 0.25) is 0 Å². The van der Waals surface area contributed by atoms with E-state index in [-0.39, 0.29) is 5.97 Å². The highest BCUT2D eigenvalue weighted by Gasteiger charge is 2.17. The summed E-state index contributed by atoms with van der Waals surface area (Å²) in [6, 6.07) is 10.2. The number of unbranched alkanes of at least 4 members (excludes halogenated alkanes) is 6. The maximum Gasteiger partial charge on any atom is 0.334 e. The van der Waals surface area contributed by atoms with Crippen LogP contribution in [0.25, 0.3) is 5.57 Å². The lowest BCUT2D eigenvalue weighted by Crippen LogP contribution is -2.09. The Labute approximate surface area is 159 Å². The molecule has 0 radical (unpaired) electrons. The summed E-state index contributed by atoms with van der Waals surface area (Å²) in [6.45, 7) is 5.54. The first-order chi connectivity index (χ1) is 12.7. The van der Waals surface area contributed by atoms with E-state index in [9.17, 15) is 4.79 Å². The van der Waals surface area contributed by atoms with E-state index in [0.717, 1.165) is 42.4 Å². The summed E-state index contributed by atoms with van der Waals surface area (Å²) < 4.78 is 10.6. The number of hydrogen-bond donors (Lipinski definition) is 0. The summed E-state index contributed by atoms with van der Waals surface area (Å²) in [6.07, 6.45) is 10.2. The van der Waals surface area contributed by atoms with Crippen molar-refractivity contribution in [1.29, 1.82) is 0 Å². The molecule has 3 nitrogen and oxygen atoms in total. The maximum atomic E-state index is 12.4. The van der Waals surface area contributed by atoms with Crippen molar-refractivity contribution in [3.63, 3.8) is 0 Å². The molecule has 0 atom stereocenters. The van der Waals surface area contributed by atoms with E-state index < -0.39 is 0 Å². The van der Waals surface area contributed by atoms with Crippen molar-refractivity contribution in [2.24, 2.45) is 0 Å². The third-order valence-electron chi connectivity index (χ3n) is 4.65. The molecule has 0 bridgehead atoms. The Balaban J connectivity index is 2.81. The Bertz CT molecular complexity index is 520. The minimum absolute atomic E-state index is 0.202. The predicted molar refractivity (Wildman–Crippen MR) is 109 cm³/mol. The molecule has 0 heterocycles. The summed E-state index contributed by atoms with van der Waals surface area (Å²) in [5, 5.41) is 0. The van der Waals surface area contributed by atoms with Gasteiger partial charge in [0.25, 0.3) is 0 Å². The number of methoxy groups -OCH3 is 1. The van der Waals surface area contributed by atoms with E-state index in [1.807, 2.05) is 25.1 Å². The molecule has 3 heteroatoms. The van der Waals surface area contributed by atoms with Gasteiger partial charge in [-0.2, -0.15) is 0 Å². The molecule has 0 saturated heterocycles. The molecule has 0 aliphatic rings. The second-order valence-electron chi connectivity index (χ2n) is 6.63. The first kappa shape index (κ1) is 22.4. The number of carbonyl (C=O) groups is 1. The van der Waals surface area contributed by atoms with Crippen molar-refractivity contribution in [3.8, 4) is 0 Å². The van der Waals surface area contributed by atoms with Gasteiger partial charge in [-0.15, -0.1) is 0 Å². The van der Waals surface area contributed by atoms with Crippen molar-refractivity contribution in [2.45, 2.75) is 71.6 Å². The van der Waals surface area contributed by atoms with Crippen LogP contribution in [0.15, 0.2) is 35.9 Å². The zero-order chi connectivity index (χ0) is 19.0. The molecule has 0 amide bonds. The van der Waals surface area contributed by atoms with E-state index in [1.165, 1.54) is 39.2 Å². The van der Waals surface area contributed by atoms with Gasteiger partial charge >= 0.3 is 5.97 Å². The molecule has 26 heavy (non-hydrogen) atoms. The number of ether oxygens (including phenoxy) is 2. The first-order valence-corrected chi connectivity index (χ1v) is 10.2. The van der Waals surface area contributed by atoms with Crippen LogP contribution in [0, 0.1) is 0 Å². The molecule has 0 aliphatic carbocycles. The molecule has 1 aromatic rings. The normalized spacial score (nSPS) is 12.0. The number of benzene rings is 1. The number of carbonyl (C=O) groups excluding carboxylic acids is 1. The van der Waals surface area contributed by atoms with Crippen LogP contribution in [0.2, 0.25) is 0 Å². The largest absolute Gasteiger partial charge is 0.466 e. The molecular formula is C23H36O3. The molecule has 146 valence electrons. The molecule has 0 unspecified atom stereocenters. The Morgan fingerprint density at radius 1 is 0.885 bits per heavy atom. The fourth-order valence-corrected chi connectivity index (χ4v) is 3.19. The predicted octanol–water partition coefficient (Wildman–Crippen LogP) is 6.18. The summed E-state index contributed by atoms with van der Waals surface area (Å²) in [7, 11) is 1.47. The second kappa shape index (κ2) is 14.5. The van der Waals surface area contributed by atoms with Crippen LogP contribution in [-0.4, -0.2) is 26.3 Å². The molecule has 0 aliphatic heterocycles. The average molecular weight is 361 g/mol. The molecular weight excluding hydrogens is 324 g/mol. The average Bonchev–Trinajstić information content (AvgIpc) is 2.68. The molecule has 1 rings (SSSR count). The quantitative estimate of drug-likeness (QED) is 0.226. The molecule has 0 saturated carbocycles. The summed E-state index contributed by atoms with van der Waals surface area (Å²) in [5.41, 5.74) is 2.97. The van der Waals surface area contributed by atoms with Crippen LogP contribution in [0.4, 0.5) is 0 Å². The number of esters is 1. The lowest BCUT2D eigenvalue weighted by Gasteiger charge is -2.15. The van der Waals surface area contributed by atoms with Crippen LogP contribution in [-0.2, 0) is 14.3 Å². The molecule has 1 aromatic carbocycles. The second-order valence-corrected chi connectivity index (χ2v) is 6.63. The van der Waals surface area contributed by atoms with E-state index in [2.05, 4.69) is 19.1 Å². The van der Waals surface area contributed by atoms with Crippen molar-refractivity contribution in [2.75, 3.05) is 20.3 Å². The highest BCUT2D eigenvalue weighted by atomic mass is 16.5. The van der Waals surface area contributed by atoms with Gasteiger partial charge in [0.05, 0.1) is 13.7 Å². The van der Waals surface area contributed by atoms with Gasteiger partial charge in [0, 0.05) is 12.2 Å². The SMILES string of the molecule is CCCCCCCCCC(C(=O)OC)=C(CCOCC)c1ccccc1. The Morgan fingerprint density at radius 2 is 1.54 bits per heavy atom. The van der Waals surface area contributed by atoms with Crippen molar-refractivity contribution in [1.82, 2.24) is 0 Å². The molecule has 0 N–H and O–H groups in total. The van der Waals surface area contributed by atoms with E-state index in [1.54, 1.807) is 0 Å². The minimum Gasteiger partial charge on any atom is -0.466 e. The van der Waals surface area contributed by atoms with Crippen LogP contribution in [0.3, 0.4) is 0 Å². The van der Waals surface area contributed by atoms with Crippen molar-refractivity contribution in [3.05, 3.63) is 41.5 Å². The topological polar surface area (TPSA) is 35.5 Å². The molecule has 0 aromatic heterocycles. The third kappa shape index (κ3) is 8.66. The molecule has 0 spiro atoms. The summed E-state index contributed by atoms with van der Waals surface area (Å²) in [5.74, 6) is -0.202. The van der Waals surface area contributed by atoms with Crippen LogP contribution in [0.5, 0.6) is 0 Å². The van der Waals surface area contributed by atoms with Gasteiger partial charge in [-0.3, -0.25) is 0 Å². The van der Waals surface area contributed by atoms with Gasteiger partial charge in [0.1, 0.15) is 0 Å². The van der Waals surface area contributed by atoms with Gasteiger partial charge in [-0.25, -0.2) is 4.79 Å². The van der Waals surface area contributed by atoms with Crippen LogP contribution < -0.4 is 0 Å². The zero-order valence-corrected chi connectivity index (χ0v) is 16.9. The third-order valence-corrected chi connectivity index (χ3v) is 4.65. The van der Waals surface area contributed by atoms with Crippen LogP contribution in [0.1, 0.15) is 77.2 Å². The van der Waals surface area contributed by atoms with Gasteiger partial charge in [-0.1, -0.05) is 75.8 Å². The Morgan fingerprint density at radius 3 is 2.15 bits per heavy atom. The van der Waals surface area contributed by atoms with Gasteiger partial charge < -0.3 is 9.47 Å². The lowest BCUT2D eigenvalue weighted by atomic mass is 9.93. The number of hydrogen-bond acceptors (Lipinski definition) is 3. The van der Waals surface area contributed by atoms with E-state index in [0.29, 0.717) is 13.2 Å². The van der Waals surface area contributed by atoms with Crippen LogP contribution >= 0.6 is 0 Å². The Kier molecular flexibility index (Phi) is 12.6. The van der Waals surface area contributed by atoms with E-state index in [4.69, 9.17) is 9.47 Å². The van der Waals surface area contributed by atoms with Crippen molar-refractivity contribution >= 4 is 11.5 Å². The Hall–Kier alpha value is -1.61. The highest BCUT2D eigenvalue weighted by molar-refractivity contribution is 5.97. The monoisotopic (exact) mass is 360 g/mol. The highest BCUT2D eigenvalue weighted by Crippen LogP contribution is 2.27. The standard InChI is InChI=1S/C23H36O3/c1-4-6-7-8-9-10-14-17-22(23(24)25-3)21(18-19-26-5-2)20-15-12-11-13-16-20/h11-13,15-16H,4-10,14,17-19H2,1-3H3. The van der Waals surface area contributed by atoms with Gasteiger partial charge in [-0.05, 0) is 37.3 Å². The zero-order valence-electron chi connectivity index (χ0n) is 16.9. The van der Waals surface area contributed by atoms with Gasteiger partial charge in [0.15, 0.2) is 0 Å². The summed E-state index contributed by atoms with van der Waals surface area (Å²) in [4.78, 5) is 12.4. The smallest absolute Gasteiger partial charge is 0.334 e. The molecule has 0 fully saturated rings. The summed E-state index contributed by atoms with van der Waals surface area (Å²) >= 11 is 0. The lowest BCUT2D eigenvalue weighted by molar-refractivity contribution is -0.136. The fourth-order valence-electron chi connectivity index (χ4n) is 3.19. The van der Waals surface area contributed by atoms with Crippen molar-refractivity contribution < 1.29 is 14.3 Å². The van der Waals surface area contributed by atoms with E-state index >= 15 is 0 Å².